The third kappa shape index (κ3) is 3.72. The summed E-state index contributed by atoms with van der Waals surface area (Å²) >= 11 is 1.78. The summed E-state index contributed by atoms with van der Waals surface area (Å²) in [5.74, 6) is 3.48. The van der Waals surface area contributed by atoms with E-state index in [1.165, 1.54) is 34.4 Å². The molecule has 3 nitrogen and oxygen atoms in total. The first-order chi connectivity index (χ1) is 12.7. The van der Waals surface area contributed by atoms with Crippen molar-refractivity contribution in [2.24, 2.45) is 0 Å². The number of methoxy groups -OCH3 is 1. The predicted octanol–water partition coefficient (Wildman–Crippen LogP) is 4.73. The van der Waals surface area contributed by atoms with Gasteiger partial charge in [0.1, 0.15) is 17.4 Å². The summed E-state index contributed by atoms with van der Waals surface area (Å²) in [6, 6.07) is 13.2. The van der Waals surface area contributed by atoms with Gasteiger partial charge in [0.05, 0.1) is 12.0 Å². The van der Waals surface area contributed by atoms with Crippen LogP contribution in [0.25, 0.3) is 0 Å². The van der Waals surface area contributed by atoms with Gasteiger partial charge in [-0.25, -0.2) is 0 Å². The Labute approximate surface area is 160 Å². The van der Waals surface area contributed by atoms with Crippen LogP contribution in [0, 0.1) is 0 Å². The van der Waals surface area contributed by atoms with E-state index in [1.807, 2.05) is 0 Å². The van der Waals surface area contributed by atoms with Crippen LogP contribution in [0.3, 0.4) is 0 Å². The van der Waals surface area contributed by atoms with Gasteiger partial charge in [-0.3, -0.25) is 0 Å². The lowest BCUT2D eigenvalue weighted by Crippen LogP contribution is -2.28. The van der Waals surface area contributed by atoms with Crippen LogP contribution in [0.2, 0.25) is 0 Å². The summed E-state index contributed by atoms with van der Waals surface area (Å²) in [7, 11) is 4.03. The Balaban J connectivity index is 1.38. The van der Waals surface area contributed by atoms with Crippen LogP contribution in [0.1, 0.15) is 35.4 Å². The zero-order valence-corrected chi connectivity index (χ0v) is 16.5. The number of hydrogen-bond donors (Lipinski definition) is 0. The molecule has 0 aromatic heterocycles. The molecule has 0 radical (unpaired) electrons. The first-order valence-electron chi connectivity index (χ1n) is 9.47. The standard InChI is InChI=1S/C22H27NO2S/c1-23(12-11-16-9-10-22-21(13-16)25-15-26-22)14-17-5-3-7-19-18(17)6-4-8-20(19)24-2/h4,6,8-10,13,17H,3,5,7,11-12,14-15H2,1-2H3. The Kier molecular flexibility index (Phi) is 5.41. The molecule has 0 spiro atoms. The minimum atomic E-state index is 0.610. The van der Waals surface area contributed by atoms with Gasteiger partial charge in [-0.15, -0.1) is 0 Å². The molecule has 26 heavy (non-hydrogen) atoms. The van der Waals surface area contributed by atoms with Gasteiger partial charge in [-0.2, -0.15) is 0 Å². The number of fused-ring (bicyclic) bond motifs is 2. The van der Waals surface area contributed by atoms with Crippen LogP contribution < -0.4 is 9.47 Å². The van der Waals surface area contributed by atoms with Crippen molar-refractivity contribution in [3.63, 3.8) is 0 Å². The summed E-state index contributed by atoms with van der Waals surface area (Å²) in [4.78, 5) is 3.75. The normalized spacial score (nSPS) is 18.3. The molecule has 0 N–H and O–H groups in total. The Morgan fingerprint density at radius 2 is 2.19 bits per heavy atom. The Morgan fingerprint density at radius 1 is 1.27 bits per heavy atom. The van der Waals surface area contributed by atoms with Crippen molar-refractivity contribution in [1.82, 2.24) is 4.90 Å². The van der Waals surface area contributed by atoms with Crippen LogP contribution in [0.15, 0.2) is 41.3 Å². The molecule has 1 aliphatic heterocycles. The fraction of sp³-hybridized carbons (Fsp3) is 0.455. The summed E-state index contributed by atoms with van der Waals surface area (Å²) in [5.41, 5.74) is 4.28. The molecular formula is C22H27NO2S. The molecule has 1 unspecified atom stereocenters. The second-order valence-electron chi connectivity index (χ2n) is 7.32. The van der Waals surface area contributed by atoms with E-state index in [4.69, 9.17) is 9.47 Å². The SMILES string of the molecule is COc1cccc2c1CCCC2CN(C)CCc1ccc2c(c1)OCS2. The Bertz CT molecular complexity index is 777. The number of nitrogens with zero attached hydrogens (tertiary/aromatic N) is 1. The summed E-state index contributed by atoms with van der Waals surface area (Å²) in [6.07, 6.45) is 4.74. The fourth-order valence-electron chi connectivity index (χ4n) is 4.18. The topological polar surface area (TPSA) is 21.7 Å². The maximum Gasteiger partial charge on any atom is 0.138 e. The molecule has 0 saturated heterocycles. The van der Waals surface area contributed by atoms with Crippen LogP contribution in [-0.2, 0) is 12.8 Å². The van der Waals surface area contributed by atoms with E-state index in [0.29, 0.717) is 5.92 Å². The van der Waals surface area contributed by atoms with Gasteiger partial charge in [0.2, 0.25) is 0 Å². The number of rotatable bonds is 6. The lowest BCUT2D eigenvalue weighted by Gasteiger charge is -2.30. The minimum absolute atomic E-state index is 0.610. The number of likely N-dealkylation sites (N-methyl/N-ethyl adjacent to an activating group) is 1. The van der Waals surface area contributed by atoms with Gasteiger partial charge in [0, 0.05) is 13.1 Å². The minimum Gasteiger partial charge on any atom is -0.496 e. The molecule has 0 bridgehead atoms. The molecule has 4 rings (SSSR count). The van der Waals surface area contributed by atoms with Crippen LogP contribution >= 0.6 is 11.8 Å². The van der Waals surface area contributed by atoms with Gasteiger partial charge in [0.25, 0.3) is 0 Å². The largest absolute Gasteiger partial charge is 0.496 e. The van der Waals surface area contributed by atoms with Crippen molar-refractivity contribution in [1.29, 1.82) is 0 Å². The van der Waals surface area contributed by atoms with Crippen molar-refractivity contribution in [2.75, 3.05) is 33.2 Å². The highest BCUT2D eigenvalue weighted by Crippen LogP contribution is 2.38. The Morgan fingerprint density at radius 3 is 3.08 bits per heavy atom. The number of hydrogen-bond acceptors (Lipinski definition) is 4. The van der Waals surface area contributed by atoms with Crippen LogP contribution in [0.4, 0.5) is 0 Å². The lowest BCUT2D eigenvalue weighted by molar-refractivity contribution is 0.299. The average molecular weight is 370 g/mol. The van der Waals surface area contributed by atoms with Crippen molar-refractivity contribution >= 4 is 11.8 Å². The first kappa shape index (κ1) is 17.7. The molecule has 1 aliphatic carbocycles. The summed E-state index contributed by atoms with van der Waals surface area (Å²) in [5, 5.41) is 0. The van der Waals surface area contributed by atoms with Crippen LogP contribution in [0.5, 0.6) is 11.5 Å². The number of thioether (sulfide) groups is 1. The average Bonchev–Trinajstić information content (AvgIpc) is 3.14. The number of benzene rings is 2. The van der Waals surface area contributed by atoms with Crippen molar-refractivity contribution < 1.29 is 9.47 Å². The van der Waals surface area contributed by atoms with Gasteiger partial charge >= 0.3 is 0 Å². The Hall–Kier alpha value is -1.65. The zero-order chi connectivity index (χ0) is 17.9. The van der Waals surface area contributed by atoms with Gasteiger partial charge in [-0.1, -0.05) is 30.0 Å². The van der Waals surface area contributed by atoms with E-state index in [9.17, 15) is 0 Å². The van der Waals surface area contributed by atoms with Crippen molar-refractivity contribution in [3.05, 3.63) is 53.1 Å². The highest BCUT2D eigenvalue weighted by atomic mass is 32.2. The third-order valence-corrected chi connectivity index (χ3v) is 6.44. The van der Waals surface area contributed by atoms with Gasteiger partial charge in [-0.05, 0) is 73.5 Å². The van der Waals surface area contributed by atoms with E-state index in [0.717, 1.165) is 43.4 Å². The molecule has 2 aromatic rings. The second kappa shape index (κ2) is 7.93. The van der Waals surface area contributed by atoms with E-state index >= 15 is 0 Å². The highest BCUT2D eigenvalue weighted by molar-refractivity contribution is 7.99. The smallest absolute Gasteiger partial charge is 0.138 e. The molecule has 2 aromatic carbocycles. The molecule has 1 heterocycles. The molecule has 4 heteroatoms. The quantitative estimate of drug-likeness (QED) is 0.734. The fourth-order valence-corrected chi connectivity index (χ4v) is 4.92. The molecule has 138 valence electrons. The molecule has 0 fully saturated rings. The summed E-state index contributed by atoms with van der Waals surface area (Å²) in [6.45, 7) is 2.18. The molecule has 2 aliphatic rings. The molecular weight excluding hydrogens is 342 g/mol. The maximum absolute atomic E-state index is 5.67. The number of ether oxygens (including phenoxy) is 2. The van der Waals surface area contributed by atoms with Gasteiger partial charge in [0.15, 0.2) is 0 Å². The van der Waals surface area contributed by atoms with E-state index in [-0.39, 0.29) is 0 Å². The van der Waals surface area contributed by atoms with E-state index in [1.54, 1.807) is 18.9 Å². The molecule has 0 amide bonds. The van der Waals surface area contributed by atoms with E-state index in [2.05, 4.69) is 48.3 Å². The van der Waals surface area contributed by atoms with Crippen LogP contribution in [-0.4, -0.2) is 38.1 Å². The van der Waals surface area contributed by atoms with Gasteiger partial charge < -0.3 is 14.4 Å². The maximum atomic E-state index is 5.67. The third-order valence-electron chi connectivity index (χ3n) is 5.56. The van der Waals surface area contributed by atoms with Crippen molar-refractivity contribution in [2.45, 2.75) is 36.5 Å². The first-order valence-corrected chi connectivity index (χ1v) is 10.5. The zero-order valence-electron chi connectivity index (χ0n) is 15.7. The molecule has 1 atom stereocenters. The summed E-state index contributed by atoms with van der Waals surface area (Å²) < 4.78 is 11.2. The van der Waals surface area contributed by atoms with E-state index < -0.39 is 0 Å². The second-order valence-corrected chi connectivity index (χ2v) is 8.28. The molecule has 0 saturated carbocycles. The monoisotopic (exact) mass is 369 g/mol. The lowest BCUT2D eigenvalue weighted by atomic mass is 9.82. The predicted molar refractivity (Wildman–Crippen MR) is 108 cm³/mol. The van der Waals surface area contributed by atoms with Crippen molar-refractivity contribution in [3.8, 4) is 11.5 Å². The highest BCUT2D eigenvalue weighted by Gasteiger charge is 2.23.